The van der Waals surface area contributed by atoms with E-state index in [4.69, 9.17) is 4.74 Å². The number of nitrogens with zero attached hydrogens (tertiary/aromatic N) is 3. The van der Waals surface area contributed by atoms with Crippen molar-refractivity contribution in [3.8, 4) is 0 Å². The van der Waals surface area contributed by atoms with Gasteiger partial charge in [0.05, 0.1) is 18.9 Å². The first-order valence-electron chi connectivity index (χ1n) is 9.86. The summed E-state index contributed by atoms with van der Waals surface area (Å²) in [6.07, 6.45) is 0.229. The smallest absolute Gasteiger partial charge is 0.411 e. The Morgan fingerprint density at radius 2 is 2.06 bits per heavy atom. The topological polar surface area (TPSA) is 74.2 Å². The normalized spacial score (nSPS) is 13.9. The zero-order chi connectivity index (χ0) is 22.2. The molecule has 0 saturated heterocycles. The lowest BCUT2D eigenvalue weighted by molar-refractivity contribution is 0.156. The number of hydrazone groups is 1. The fraction of sp³-hybridized carbons (Fsp3) is 0.318. The molecule has 0 saturated carbocycles. The van der Waals surface area contributed by atoms with Gasteiger partial charge in [0.15, 0.2) is 0 Å². The molecule has 1 aliphatic rings. The minimum Gasteiger partial charge on any atom is -0.449 e. The number of benzene rings is 2. The molecular formula is C22H25FN4O3S. The molecule has 0 spiro atoms. The van der Waals surface area contributed by atoms with Gasteiger partial charge in [0.2, 0.25) is 0 Å². The molecule has 2 aromatic rings. The number of rotatable bonds is 8. The number of ether oxygens (including phenoxy) is 1. The summed E-state index contributed by atoms with van der Waals surface area (Å²) in [5.74, 6) is 0.0427. The Kier molecular flexibility index (Phi) is 8.02. The third-order valence-electron chi connectivity index (χ3n) is 4.43. The van der Waals surface area contributed by atoms with Crippen LogP contribution in [0.5, 0.6) is 0 Å². The number of amides is 2. The molecule has 1 N–H and O–H groups in total. The van der Waals surface area contributed by atoms with Gasteiger partial charge in [-0.2, -0.15) is 5.10 Å². The van der Waals surface area contributed by atoms with Crippen LogP contribution in [0.3, 0.4) is 0 Å². The Hall–Kier alpha value is -2.91. The Balaban J connectivity index is 1.62. The van der Waals surface area contributed by atoms with Gasteiger partial charge in [-0.15, -0.1) is 0 Å². The average molecular weight is 445 g/mol. The molecule has 2 aromatic carbocycles. The van der Waals surface area contributed by atoms with Crippen LogP contribution in [-0.4, -0.2) is 60.0 Å². The van der Waals surface area contributed by atoms with E-state index in [1.54, 1.807) is 30.3 Å². The van der Waals surface area contributed by atoms with Gasteiger partial charge in [-0.3, -0.25) is 10.1 Å². The van der Waals surface area contributed by atoms with Crippen LogP contribution in [0.25, 0.3) is 0 Å². The van der Waals surface area contributed by atoms with Crippen LogP contribution in [0, 0.1) is 5.82 Å². The molecule has 3 rings (SSSR count). The summed E-state index contributed by atoms with van der Waals surface area (Å²) in [4.78, 5) is 26.3. The first-order valence-corrected chi connectivity index (χ1v) is 10.8. The van der Waals surface area contributed by atoms with Crippen LogP contribution in [0.2, 0.25) is 0 Å². The van der Waals surface area contributed by atoms with Gasteiger partial charge in [-0.1, -0.05) is 36.0 Å². The minimum atomic E-state index is -0.521. The molecule has 0 radical (unpaired) electrons. The zero-order valence-electron chi connectivity index (χ0n) is 17.5. The van der Waals surface area contributed by atoms with Crippen LogP contribution < -0.4 is 5.32 Å². The molecular weight excluding hydrogens is 419 g/mol. The third kappa shape index (κ3) is 7.08. The molecule has 1 heterocycles. The van der Waals surface area contributed by atoms with E-state index in [-0.39, 0.29) is 17.6 Å². The number of hydrogen-bond acceptors (Lipinski definition) is 6. The van der Waals surface area contributed by atoms with Crippen LogP contribution in [0.1, 0.15) is 17.5 Å². The van der Waals surface area contributed by atoms with Gasteiger partial charge < -0.3 is 9.64 Å². The number of hydrogen-bond donors (Lipinski definition) is 1. The maximum atomic E-state index is 13.5. The highest BCUT2D eigenvalue weighted by Gasteiger charge is 2.22. The van der Waals surface area contributed by atoms with E-state index in [1.807, 2.05) is 25.1 Å². The second-order valence-electron chi connectivity index (χ2n) is 7.29. The fourth-order valence-corrected chi connectivity index (χ4v) is 3.69. The number of carbonyl (C=O) groups is 2. The van der Waals surface area contributed by atoms with Gasteiger partial charge in [0, 0.05) is 23.5 Å². The third-order valence-corrected chi connectivity index (χ3v) is 5.31. The van der Waals surface area contributed by atoms with Crippen molar-refractivity contribution in [2.45, 2.75) is 13.0 Å². The van der Waals surface area contributed by atoms with E-state index < -0.39 is 6.09 Å². The largest absolute Gasteiger partial charge is 0.449 e. The molecule has 0 aromatic heterocycles. The molecule has 0 bridgehead atoms. The Labute approximate surface area is 185 Å². The Morgan fingerprint density at radius 1 is 1.26 bits per heavy atom. The van der Waals surface area contributed by atoms with E-state index in [0.717, 1.165) is 30.3 Å². The van der Waals surface area contributed by atoms with E-state index in [9.17, 15) is 14.0 Å². The van der Waals surface area contributed by atoms with Gasteiger partial charge in [-0.05, 0) is 50.3 Å². The predicted octanol–water partition coefficient (Wildman–Crippen LogP) is 4.40. The lowest BCUT2D eigenvalue weighted by Gasteiger charge is -2.23. The number of thioether (sulfide) groups is 1. The number of carbonyl (C=O) groups excluding carboxylic acids is 2. The molecule has 0 atom stereocenters. The summed E-state index contributed by atoms with van der Waals surface area (Å²) in [5, 5.41) is 8.29. The fourth-order valence-electron chi connectivity index (χ4n) is 2.95. The van der Waals surface area contributed by atoms with Crippen molar-refractivity contribution in [2.24, 2.45) is 5.10 Å². The van der Waals surface area contributed by atoms with Crippen molar-refractivity contribution < 1.29 is 18.7 Å². The Morgan fingerprint density at radius 3 is 2.84 bits per heavy atom. The molecule has 0 fully saturated rings. The van der Waals surface area contributed by atoms with E-state index in [1.165, 1.54) is 17.1 Å². The quantitative estimate of drug-likeness (QED) is 0.611. The lowest BCUT2D eigenvalue weighted by Crippen LogP contribution is -2.29. The molecule has 9 heteroatoms. The second-order valence-corrected chi connectivity index (χ2v) is 8.21. The standard InChI is InChI=1S/C22H25FN4O3S/c1-26(2)10-5-11-30-21(28)24-19-9-3-6-16(12-19)14-27-22(29)31-15-20(25-27)17-7-4-8-18(23)13-17/h3-4,6-9,12-13H,5,10-11,14-15H2,1-2H3,(H,24,28). The van der Waals surface area contributed by atoms with Crippen LogP contribution in [0.15, 0.2) is 53.6 Å². The van der Waals surface area contributed by atoms with E-state index >= 15 is 0 Å². The molecule has 1 aliphatic heterocycles. The monoisotopic (exact) mass is 444 g/mol. The number of nitrogens with one attached hydrogen (secondary N) is 1. The van der Waals surface area contributed by atoms with Gasteiger partial charge in [0.25, 0.3) is 0 Å². The minimum absolute atomic E-state index is 0.182. The highest BCUT2D eigenvalue weighted by molar-refractivity contribution is 8.14. The van der Waals surface area contributed by atoms with E-state index in [0.29, 0.717) is 29.3 Å². The van der Waals surface area contributed by atoms with Crippen molar-refractivity contribution in [2.75, 3.05) is 38.3 Å². The van der Waals surface area contributed by atoms with Crippen molar-refractivity contribution in [1.29, 1.82) is 0 Å². The first-order chi connectivity index (χ1) is 14.9. The highest BCUT2D eigenvalue weighted by atomic mass is 32.2. The summed E-state index contributed by atoms with van der Waals surface area (Å²) in [7, 11) is 3.92. The summed E-state index contributed by atoms with van der Waals surface area (Å²) in [6, 6.07) is 13.3. The molecule has 0 aliphatic carbocycles. The summed E-state index contributed by atoms with van der Waals surface area (Å²) in [5.41, 5.74) is 2.65. The molecule has 31 heavy (non-hydrogen) atoms. The van der Waals surface area contributed by atoms with Crippen LogP contribution in [-0.2, 0) is 11.3 Å². The zero-order valence-corrected chi connectivity index (χ0v) is 18.3. The van der Waals surface area contributed by atoms with Crippen molar-refractivity contribution in [1.82, 2.24) is 9.91 Å². The highest BCUT2D eigenvalue weighted by Crippen LogP contribution is 2.23. The summed E-state index contributed by atoms with van der Waals surface area (Å²) in [6.45, 7) is 1.40. The lowest BCUT2D eigenvalue weighted by atomic mass is 10.1. The van der Waals surface area contributed by atoms with Gasteiger partial charge >= 0.3 is 11.3 Å². The van der Waals surface area contributed by atoms with Crippen LogP contribution in [0.4, 0.5) is 19.7 Å². The van der Waals surface area contributed by atoms with Gasteiger partial charge in [0.1, 0.15) is 5.82 Å². The van der Waals surface area contributed by atoms with Crippen molar-refractivity contribution in [3.05, 3.63) is 65.5 Å². The van der Waals surface area contributed by atoms with E-state index in [2.05, 4.69) is 10.4 Å². The number of halogens is 1. The maximum absolute atomic E-state index is 13.5. The predicted molar refractivity (Wildman–Crippen MR) is 121 cm³/mol. The Bertz CT molecular complexity index is 967. The van der Waals surface area contributed by atoms with Crippen molar-refractivity contribution in [3.63, 3.8) is 0 Å². The molecule has 7 nitrogen and oxygen atoms in total. The molecule has 0 unspecified atom stereocenters. The molecule has 2 amide bonds. The summed E-state index contributed by atoms with van der Waals surface area (Å²) >= 11 is 1.12. The first kappa shape index (κ1) is 22.8. The summed E-state index contributed by atoms with van der Waals surface area (Å²) < 4.78 is 18.7. The number of anilines is 1. The second kappa shape index (κ2) is 10.9. The molecule has 164 valence electrons. The SMILES string of the molecule is CN(C)CCCOC(=O)Nc1cccc(CN2N=C(c3cccc(F)c3)CSC2=O)c1. The maximum Gasteiger partial charge on any atom is 0.411 e. The average Bonchev–Trinajstić information content (AvgIpc) is 2.73. The van der Waals surface area contributed by atoms with Crippen LogP contribution >= 0.6 is 11.8 Å². The van der Waals surface area contributed by atoms with Crippen molar-refractivity contribution >= 4 is 34.5 Å². The van der Waals surface area contributed by atoms with Gasteiger partial charge in [-0.25, -0.2) is 14.2 Å².